The normalized spacial score (nSPS) is 16.7. The summed E-state index contributed by atoms with van der Waals surface area (Å²) >= 11 is 0. The number of aromatic nitrogens is 2. The average molecular weight is 360 g/mol. The molecule has 1 fully saturated rings. The van der Waals surface area contributed by atoms with Gasteiger partial charge in [0, 0.05) is 25.7 Å². The molecule has 0 bridgehead atoms. The number of nitrogens with zero attached hydrogens (tertiary/aromatic N) is 3. The maximum Gasteiger partial charge on any atom is 0.271 e. The molecule has 4 rings (SSSR count). The zero-order chi connectivity index (χ0) is 18.8. The van der Waals surface area contributed by atoms with Crippen LogP contribution in [0.1, 0.15) is 28.2 Å². The summed E-state index contributed by atoms with van der Waals surface area (Å²) < 4.78 is 0. The lowest BCUT2D eigenvalue weighted by Crippen LogP contribution is -2.37. The fourth-order valence-electron chi connectivity index (χ4n) is 3.43. The van der Waals surface area contributed by atoms with E-state index in [1.807, 2.05) is 31.2 Å². The van der Waals surface area contributed by atoms with E-state index < -0.39 is 0 Å². The van der Waals surface area contributed by atoms with E-state index in [1.165, 1.54) is 6.20 Å². The molecule has 1 aliphatic rings. The van der Waals surface area contributed by atoms with Crippen LogP contribution in [0.3, 0.4) is 0 Å². The molecule has 27 heavy (non-hydrogen) atoms. The highest BCUT2D eigenvalue weighted by Gasteiger charge is 2.31. The lowest BCUT2D eigenvalue weighted by Gasteiger charge is -2.18. The van der Waals surface area contributed by atoms with Crippen molar-refractivity contribution in [3.8, 4) is 0 Å². The molecule has 3 aromatic rings. The maximum atomic E-state index is 12.4. The molecule has 1 saturated heterocycles. The van der Waals surface area contributed by atoms with Crippen molar-refractivity contribution in [2.75, 3.05) is 6.54 Å². The minimum atomic E-state index is -0.299. The van der Waals surface area contributed by atoms with Gasteiger partial charge >= 0.3 is 0 Å². The number of nitrogens with one attached hydrogen (secondary N) is 1. The summed E-state index contributed by atoms with van der Waals surface area (Å²) in [5, 5.41) is 5.20. The van der Waals surface area contributed by atoms with Crippen LogP contribution in [0.15, 0.2) is 54.9 Å². The average Bonchev–Trinajstić information content (AvgIpc) is 3.01. The van der Waals surface area contributed by atoms with E-state index in [-0.39, 0.29) is 23.6 Å². The largest absolute Gasteiger partial charge is 0.346 e. The fourth-order valence-corrected chi connectivity index (χ4v) is 3.43. The molecule has 2 aromatic carbocycles. The van der Waals surface area contributed by atoms with Crippen LogP contribution in [0.5, 0.6) is 0 Å². The number of fused-ring (bicyclic) bond motifs is 1. The third kappa shape index (κ3) is 3.65. The van der Waals surface area contributed by atoms with Crippen LogP contribution < -0.4 is 5.32 Å². The van der Waals surface area contributed by atoms with Crippen molar-refractivity contribution in [3.63, 3.8) is 0 Å². The predicted octanol–water partition coefficient (Wildman–Crippen LogP) is 2.47. The number of aryl methyl sites for hydroxylation is 1. The number of hydrogen-bond donors (Lipinski definition) is 1. The number of hydrogen-bond acceptors (Lipinski definition) is 4. The van der Waals surface area contributed by atoms with E-state index in [9.17, 15) is 9.59 Å². The van der Waals surface area contributed by atoms with Crippen LogP contribution in [-0.2, 0) is 11.3 Å². The number of carbonyl (C=O) groups is 2. The molecule has 6 nitrogen and oxygen atoms in total. The molecule has 1 aromatic heterocycles. The molecule has 0 unspecified atom stereocenters. The van der Waals surface area contributed by atoms with Crippen molar-refractivity contribution in [3.05, 3.63) is 71.8 Å². The first kappa shape index (κ1) is 17.1. The highest BCUT2D eigenvalue weighted by molar-refractivity contribution is 5.93. The van der Waals surface area contributed by atoms with Gasteiger partial charge in [-0.15, -0.1) is 0 Å². The lowest BCUT2D eigenvalue weighted by atomic mass is 10.0. The summed E-state index contributed by atoms with van der Waals surface area (Å²) in [4.78, 5) is 34.7. The van der Waals surface area contributed by atoms with Crippen molar-refractivity contribution >= 4 is 22.6 Å². The molecule has 0 spiro atoms. The van der Waals surface area contributed by atoms with Crippen molar-refractivity contribution in [2.24, 2.45) is 0 Å². The van der Waals surface area contributed by atoms with Crippen LogP contribution >= 0.6 is 0 Å². The van der Waals surface area contributed by atoms with E-state index in [2.05, 4.69) is 33.5 Å². The van der Waals surface area contributed by atoms with Gasteiger partial charge in [-0.05, 0) is 23.3 Å². The molecule has 1 atom stereocenters. The van der Waals surface area contributed by atoms with Crippen LogP contribution in [0, 0.1) is 6.92 Å². The van der Waals surface area contributed by atoms with Crippen molar-refractivity contribution in [2.45, 2.75) is 25.9 Å². The van der Waals surface area contributed by atoms with E-state index in [0.29, 0.717) is 19.5 Å². The van der Waals surface area contributed by atoms with Gasteiger partial charge in [-0.25, -0.2) is 4.98 Å². The Labute approximate surface area is 157 Å². The van der Waals surface area contributed by atoms with E-state index in [4.69, 9.17) is 0 Å². The Bertz CT molecular complexity index is 995. The highest BCUT2D eigenvalue weighted by Crippen LogP contribution is 2.22. The van der Waals surface area contributed by atoms with E-state index in [1.54, 1.807) is 11.1 Å². The molecule has 0 aliphatic carbocycles. The highest BCUT2D eigenvalue weighted by atomic mass is 16.2. The summed E-state index contributed by atoms with van der Waals surface area (Å²) in [5.41, 5.74) is 2.13. The molecule has 6 heteroatoms. The van der Waals surface area contributed by atoms with Gasteiger partial charge in [-0.2, -0.15) is 0 Å². The van der Waals surface area contributed by atoms with Gasteiger partial charge in [0.15, 0.2) is 0 Å². The Morgan fingerprint density at radius 3 is 2.78 bits per heavy atom. The molecule has 0 radical (unpaired) electrons. The third-order valence-electron chi connectivity index (χ3n) is 4.80. The molecule has 1 N–H and O–H groups in total. The van der Waals surface area contributed by atoms with Gasteiger partial charge < -0.3 is 10.2 Å². The molecule has 2 amide bonds. The lowest BCUT2D eigenvalue weighted by molar-refractivity contribution is -0.128. The summed E-state index contributed by atoms with van der Waals surface area (Å²) in [6, 6.07) is 14.0. The number of carbonyl (C=O) groups excluding carboxylic acids is 2. The second-order valence-electron chi connectivity index (χ2n) is 6.83. The van der Waals surface area contributed by atoms with Crippen LogP contribution in [0.2, 0.25) is 0 Å². The van der Waals surface area contributed by atoms with Crippen molar-refractivity contribution < 1.29 is 9.59 Å². The predicted molar refractivity (Wildman–Crippen MR) is 102 cm³/mol. The third-order valence-corrected chi connectivity index (χ3v) is 4.80. The van der Waals surface area contributed by atoms with E-state index in [0.717, 1.165) is 22.0 Å². The second kappa shape index (κ2) is 7.15. The van der Waals surface area contributed by atoms with Gasteiger partial charge in [0.2, 0.25) is 5.91 Å². The van der Waals surface area contributed by atoms with Gasteiger partial charge in [-0.3, -0.25) is 14.6 Å². The molecule has 2 heterocycles. The van der Waals surface area contributed by atoms with Crippen molar-refractivity contribution in [1.82, 2.24) is 20.2 Å². The summed E-state index contributed by atoms with van der Waals surface area (Å²) in [7, 11) is 0. The molecular weight excluding hydrogens is 340 g/mol. The Morgan fingerprint density at radius 2 is 1.96 bits per heavy atom. The Balaban J connectivity index is 1.44. The quantitative estimate of drug-likeness (QED) is 0.776. The second-order valence-corrected chi connectivity index (χ2v) is 6.83. The monoisotopic (exact) mass is 360 g/mol. The first-order valence-corrected chi connectivity index (χ1v) is 8.94. The summed E-state index contributed by atoms with van der Waals surface area (Å²) in [6.45, 7) is 2.85. The summed E-state index contributed by atoms with van der Waals surface area (Å²) in [6.07, 6.45) is 3.31. The number of amides is 2. The van der Waals surface area contributed by atoms with Gasteiger partial charge in [0.05, 0.1) is 17.9 Å². The van der Waals surface area contributed by atoms with E-state index >= 15 is 0 Å². The van der Waals surface area contributed by atoms with Crippen LogP contribution in [-0.4, -0.2) is 39.3 Å². The number of rotatable bonds is 4. The molecular formula is C21H20N4O2. The minimum Gasteiger partial charge on any atom is -0.346 e. The standard InChI is InChI=1S/C21H20N4O2/c1-14-10-23-19(11-22-14)21(27)24-17-9-20(26)25(13-17)12-16-7-4-6-15-5-2-3-8-18(15)16/h2-8,10-11,17H,9,12-13H2,1H3,(H,24,27)/t17-/m0/s1. The van der Waals surface area contributed by atoms with Crippen LogP contribution in [0.4, 0.5) is 0 Å². The first-order valence-electron chi connectivity index (χ1n) is 8.94. The Hall–Kier alpha value is -3.28. The van der Waals surface area contributed by atoms with Crippen LogP contribution in [0.25, 0.3) is 10.8 Å². The van der Waals surface area contributed by atoms with Gasteiger partial charge in [-0.1, -0.05) is 42.5 Å². The number of benzene rings is 2. The first-order chi connectivity index (χ1) is 13.1. The smallest absolute Gasteiger partial charge is 0.271 e. The fraction of sp³-hybridized carbons (Fsp3) is 0.238. The molecule has 1 aliphatic heterocycles. The molecule has 136 valence electrons. The zero-order valence-electron chi connectivity index (χ0n) is 15.1. The summed E-state index contributed by atoms with van der Waals surface area (Å²) in [5.74, 6) is -0.254. The van der Waals surface area contributed by atoms with Crippen molar-refractivity contribution in [1.29, 1.82) is 0 Å². The molecule has 0 saturated carbocycles. The number of likely N-dealkylation sites (tertiary alicyclic amines) is 1. The Kier molecular flexibility index (Phi) is 4.54. The minimum absolute atomic E-state index is 0.0447. The Morgan fingerprint density at radius 1 is 1.15 bits per heavy atom. The zero-order valence-corrected chi connectivity index (χ0v) is 15.1. The topological polar surface area (TPSA) is 75.2 Å². The van der Waals surface area contributed by atoms with Gasteiger partial charge in [0.1, 0.15) is 5.69 Å². The SMILES string of the molecule is Cc1cnc(C(=O)N[C@H]2CC(=O)N(Cc3cccc4ccccc34)C2)cn1. The maximum absolute atomic E-state index is 12.4. The van der Waals surface area contributed by atoms with Gasteiger partial charge in [0.25, 0.3) is 5.91 Å².